The van der Waals surface area contributed by atoms with E-state index in [2.05, 4.69) is 10.4 Å². The first-order valence-corrected chi connectivity index (χ1v) is 9.15. The van der Waals surface area contributed by atoms with Gasteiger partial charge in [-0.15, -0.1) is 0 Å². The highest BCUT2D eigenvalue weighted by molar-refractivity contribution is 5.93. The van der Waals surface area contributed by atoms with Crippen molar-refractivity contribution in [3.8, 4) is 5.75 Å². The van der Waals surface area contributed by atoms with Crippen molar-refractivity contribution in [1.29, 1.82) is 0 Å². The number of rotatable bonds is 7. The van der Waals surface area contributed by atoms with E-state index in [1.54, 1.807) is 44.4 Å². The predicted molar refractivity (Wildman–Crippen MR) is 99.8 cm³/mol. The number of carboxylic acids is 1. The van der Waals surface area contributed by atoms with Crippen molar-refractivity contribution in [1.82, 2.24) is 15.1 Å². The fourth-order valence-electron chi connectivity index (χ4n) is 3.63. The molecule has 1 atom stereocenters. The minimum absolute atomic E-state index is 0.255. The van der Waals surface area contributed by atoms with Gasteiger partial charge in [0.1, 0.15) is 11.4 Å². The zero-order valence-electron chi connectivity index (χ0n) is 15.6. The van der Waals surface area contributed by atoms with Gasteiger partial charge in [0.05, 0.1) is 25.1 Å². The van der Waals surface area contributed by atoms with E-state index in [9.17, 15) is 14.7 Å². The monoisotopic (exact) mass is 371 g/mol. The van der Waals surface area contributed by atoms with E-state index >= 15 is 0 Å². The Labute approximate surface area is 158 Å². The number of amides is 1. The largest absolute Gasteiger partial charge is 0.497 e. The van der Waals surface area contributed by atoms with Gasteiger partial charge in [-0.05, 0) is 43.5 Å². The molecule has 1 aliphatic carbocycles. The van der Waals surface area contributed by atoms with Gasteiger partial charge in [-0.2, -0.15) is 5.10 Å². The molecule has 1 aromatic carbocycles. The van der Waals surface area contributed by atoms with Crippen molar-refractivity contribution in [2.75, 3.05) is 7.11 Å². The smallest absolute Gasteiger partial charge is 0.306 e. The number of benzene rings is 1. The zero-order valence-corrected chi connectivity index (χ0v) is 15.6. The van der Waals surface area contributed by atoms with Crippen LogP contribution in [0.4, 0.5) is 0 Å². The average molecular weight is 371 g/mol. The minimum atomic E-state index is -1.09. The Bertz CT molecular complexity index is 826. The Kier molecular flexibility index (Phi) is 5.48. The molecule has 1 amide bonds. The summed E-state index contributed by atoms with van der Waals surface area (Å²) in [5, 5.41) is 16.6. The van der Waals surface area contributed by atoms with Crippen LogP contribution < -0.4 is 10.1 Å². The number of carbonyl (C=O) groups is 2. The summed E-state index contributed by atoms with van der Waals surface area (Å²) in [4.78, 5) is 24.2. The topological polar surface area (TPSA) is 93.5 Å². The molecule has 0 radical (unpaired) electrons. The molecule has 7 nitrogen and oxygen atoms in total. The van der Waals surface area contributed by atoms with Crippen molar-refractivity contribution in [2.45, 2.75) is 50.6 Å². The predicted octanol–water partition coefficient (Wildman–Crippen LogP) is 3.13. The van der Waals surface area contributed by atoms with E-state index in [0.29, 0.717) is 23.0 Å². The van der Waals surface area contributed by atoms with Crippen molar-refractivity contribution in [2.24, 2.45) is 0 Å². The normalized spacial score (nSPS) is 16.7. The summed E-state index contributed by atoms with van der Waals surface area (Å²) in [6, 6.07) is 9.09. The molecule has 27 heavy (non-hydrogen) atoms. The second-order valence-corrected chi connectivity index (χ2v) is 7.21. The number of carbonyl (C=O) groups excluding carboxylic acids is 1. The molecule has 0 spiro atoms. The van der Waals surface area contributed by atoms with E-state index in [-0.39, 0.29) is 6.42 Å². The summed E-state index contributed by atoms with van der Waals surface area (Å²) in [6.07, 6.45) is 6.07. The molecule has 1 saturated carbocycles. The second kappa shape index (κ2) is 7.82. The van der Waals surface area contributed by atoms with E-state index in [1.807, 2.05) is 10.9 Å². The van der Waals surface area contributed by atoms with Crippen LogP contribution >= 0.6 is 0 Å². The molecule has 0 saturated heterocycles. The van der Waals surface area contributed by atoms with E-state index in [1.165, 1.54) is 12.8 Å². The van der Waals surface area contributed by atoms with Crippen LogP contribution in [0.25, 0.3) is 0 Å². The molecule has 2 N–H and O–H groups in total. The highest BCUT2D eigenvalue weighted by atomic mass is 16.5. The van der Waals surface area contributed by atoms with Crippen molar-refractivity contribution < 1.29 is 19.4 Å². The fraction of sp³-hybridized carbons (Fsp3) is 0.450. The SMILES string of the molecule is COc1cccc(C(C)(CC(=O)O)NC(=O)c2ccn(C3CCCC3)n2)c1. The van der Waals surface area contributed by atoms with Gasteiger partial charge in [-0.25, -0.2) is 0 Å². The number of methoxy groups -OCH3 is 1. The van der Waals surface area contributed by atoms with Gasteiger partial charge in [0.25, 0.3) is 5.91 Å². The van der Waals surface area contributed by atoms with Crippen molar-refractivity contribution in [3.63, 3.8) is 0 Å². The molecular weight excluding hydrogens is 346 g/mol. The standard InChI is InChI=1S/C20H25N3O4/c1-20(13-18(24)25,14-6-5-9-16(12-14)27-2)21-19(26)17-10-11-23(22-17)15-7-3-4-8-15/h5-6,9-12,15H,3-4,7-8,13H2,1-2H3,(H,21,26)(H,24,25). The van der Waals surface area contributed by atoms with Crippen molar-refractivity contribution in [3.05, 3.63) is 47.8 Å². The number of aliphatic carboxylic acids is 1. The molecule has 1 aromatic heterocycles. The van der Waals surface area contributed by atoms with Gasteiger partial charge in [-0.1, -0.05) is 25.0 Å². The highest BCUT2D eigenvalue weighted by Gasteiger charge is 2.33. The van der Waals surface area contributed by atoms with E-state index in [0.717, 1.165) is 12.8 Å². The summed E-state index contributed by atoms with van der Waals surface area (Å²) in [7, 11) is 1.54. The molecule has 1 unspecified atom stereocenters. The molecular formula is C20H25N3O4. The second-order valence-electron chi connectivity index (χ2n) is 7.21. The van der Waals surface area contributed by atoms with E-state index in [4.69, 9.17) is 4.74 Å². The lowest BCUT2D eigenvalue weighted by Crippen LogP contribution is -2.45. The first-order chi connectivity index (χ1) is 12.9. The number of nitrogens with zero attached hydrogens (tertiary/aromatic N) is 2. The average Bonchev–Trinajstić information content (AvgIpc) is 3.32. The van der Waals surface area contributed by atoms with Crippen LogP contribution in [0.15, 0.2) is 36.5 Å². The van der Waals surface area contributed by atoms with Crippen LogP contribution in [-0.2, 0) is 10.3 Å². The van der Waals surface area contributed by atoms with Gasteiger partial charge >= 0.3 is 5.97 Å². The number of hydrogen-bond donors (Lipinski definition) is 2. The molecule has 144 valence electrons. The Hall–Kier alpha value is -2.83. The molecule has 1 fully saturated rings. The lowest BCUT2D eigenvalue weighted by molar-refractivity contribution is -0.138. The third-order valence-corrected chi connectivity index (χ3v) is 5.14. The fourth-order valence-corrected chi connectivity index (χ4v) is 3.63. The Balaban J connectivity index is 1.83. The number of carboxylic acid groups (broad SMARTS) is 1. The summed E-state index contributed by atoms with van der Waals surface area (Å²) < 4.78 is 7.08. The summed E-state index contributed by atoms with van der Waals surface area (Å²) in [6.45, 7) is 1.70. The van der Waals surface area contributed by atoms with Gasteiger partial charge in [0, 0.05) is 6.20 Å². The van der Waals surface area contributed by atoms with Gasteiger partial charge < -0.3 is 15.2 Å². The first-order valence-electron chi connectivity index (χ1n) is 9.15. The molecule has 1 aliphatic rings. The number of aromatic nitrogens is 2. The molecule has 7 heteroatoms. The minimum Gasteiger partial charge on any atom is -0.497 e. The molecule has 2 aromatic rings. The molecule has 1 heterocycles. The highest BCUT2D eigenvalue weighted by Crippen LogP contribution is 2.30. The summed E-state index contributed by atoms with van der Waals surface area (Å²) >= 11 is 0. The Morgan fingerprint density at radius 1 is 1.33 bits per heavy atom. The third-order valence-electron chi connectivity index (χ3n) is 5.14. The van der Waals surface area contributed by atoms with Crippen LogP contribution in [0, 0.1) is 0 Å². The molecule has 3 rings (SSSR count). The summed E-state index contributed by atoms with van der Waals surface area (Å²) in [5.74, 6) is -0.792. The molecule has 0 bridgehead atoms. The van der Waals surface area contributed by atoms with Crippen molar-refractivity contribution >= 4 is 11.9 Å². The van der Waals surface area contributed by atoms with Crippen LogP contribution in [0.1, 0.15) is 61.1 Å². The number of nitrogens with one attached hydrogen (secondary N) is 1. The van der Waals surface area contributed by atoms with Gasteiger partial charge in [-0.3, -0.25) is 14.3 Å². The maximum absolute atomic E-state index is 12.8. The number of hydrogen-bond acceptors (Lipinski definition) is 4. The van der Waals surface area contributed by atoms with Crippen LogP contribution in [0.3, 0.4) is 0 Å². The van der Waals surface area contributed by atoms with Crippen LogP contribution in [0.2, 0.25) is 0 Å². The van der Waals surface area contributed by atoms with Gasteiger partial charge in [0.15, 0.2) is 0 Å². The Morgan fingerprint density at radius 2 is 2.07 bits per heavy atom. The number of ether oxygens (including phenoxy) is 1. The molecule has 0 aliphatic heterocycles. The summed E-state index contributed by atoms with van der Waals surface area (Å²) in [5.41, 5.74) is -0.136. The Morgan fingerprint density at radius 3 is 2.74 bits per heavy atom. The maximum Gasteiger partial charge on any atom is 0.306 e. The van der Waals surface area contributed by atoms with Gasteiger partial charge in [0.2, 0.25) is 0 Å². The lowest BCUT2D eigenvalue weighted by atomic mass is 9.88. The third kappa shape index (κ3) is 4.30. The quantitative estimate of drug-likeness (QED) is 0.780. The van der Waals surface area contributed by atoms with Crippen LogP contribution in [-0.4, -0.2) is 33.9 Å². The maximum atomic E-state index is 12.8. The lowest BCUT2D eigenvalue weighted by Gasteiger charge is -2.30. The zero-order chi connectivity index (χ0) is 19.4. The first kappa shape index (κ1) is 18.9. The van der Waals surface area contributed by atoms with E-state index < -0.39 is 17.4 Å². The van der Waals surface area contributed by atoms with Crippen LogP contribution in [0.5, 0.6) is 5.75 Å².